The Labute approximate surface area is 107 Å². The maximum atomic E-state index is 11.7. The Morgan fingerprint density at radius 1 is 1.50 bits per heavy atom. The van der Waals surface area contributed by atoms with Gasteiger partial charge >= 0.3 is 0 Å². The largest absolute Gasteiger partial charge is 0.351 e. The van der Waals surface area contributed by atoms with E-state index < -0.39 is 0 Å². The molecule has 18 heavy (non-hydrogen) atoms. The summed E-state index contributed by atoms with van der Waals surface area (Å²) < 4.78 is 0. The Hall–Kier alpha value is -1.40. The molecule has 2 rings (SSSR count). The first kappa shape index (κ1) is 13.0. The summed E-state index contributed by atoms with van der Waals surface area (Å²) in [6.45, 7) is 7.97. The van der Waals surface area contributed by atoms with Crippen molar-refractivity contribution in [1.29, 1.82) is 0 Å². The van der Waals surface area contributed by atoms with Crippen LogP contribution in [-0.2, 0) is 0 Å². The van der Waals surface area contributed by atoms with Crippen molar-refractivity contribution >= 4 is 5.91 Å². The minimum atomic E-state index is -0.0975. The smallest absolute Gasteiger partial charge is 0.271 e. The normalized spacial score (nSPS) is 16.7. The molecule has 1 aromatic rings. The summed E-state index contributed by atoms with van der Waals surface area (Å²) in [7, 11) is 0. The van der Waals surface area contributed by atoms with Gasteiger partial charge in [-0.15, -0.1) is 0 Å². The van der Waals surface area contributed by atoms with Crippen molar-refractivity contribution in [2.45, 2.75) is 13.3 Å². The lowest BCUT2D eigenvalue weighted by atomic mass is 10.3. The van der Waals surface area contributed by atoms with E-state index in [1.54, 1.807) is 6.07 Å². The predicted octanol–water partition coefficient (Wildman–Crippen LogP) is -0.257. The molecule has 6 nitrogen and oxygen atoms in total. The van der Waals surface area contributed by atoms with Gasteiger partial charge in [0.2, 0.25) is 0 Å². The molecule has 1 aliphatic rings. The highest BCUT2D eigenvalue weighted by Gasteiger charge is 2.10. The van der Waals surface area contributed by atoms with E-state index in [2.05, 4.69) is 25.7 Å². The average Bonchev–Trinajstić information content (AvgIpc) is 2.82. The molecule has 6 heteroatoms. The Morgan fingerprint density at radius 2 is 2.28 bits per heavy atom. The zero-order valence-electron chi connectivity index (χ0n) is 10.8. The third-order valence-corrected chi connectivity index (χ3v) is 3.08. The molecule has 100 valence electrons. The van der Waals surface area contributed by atoms with Crippen LogP contribution in [0.2, 0.25) is 0 Å². The average molecular weight is 251 g/mol. The number of H-pyrrole nitrogens is 1. The maximum Gasteiger partial charge on any atom is 0.271 e. The van der Waals surface area contributed by atoms with Crippen LogP contribution in [0.25, 0.3) is 0 Å². The van der Waals surface area contributed by atoms with Gasteiger partial charge in [0.15, 0.2) is 0 Å². The number of carbonyl (C=O) groups is 1. The van der Waals surface area contributed by atoms with E-state index in [4.69, 9.17) is 0 Å². The van der Waals surface area contributed by atoms with Crippen molar-refractivity contribution in [2.24, 2.45) is 0 Å². The fraction of sp³-hybridized carbons (Fsp3) is 0.667. The van der Waals surface area contributed by atoms with Crippen molar-refractivity contribution in [3.63, 3.8) is 0 Å². The zero-order valence-corrected chi connectivity index (χ0v) is 10.8. The predicted molar refractivity (Wildman–Crippen MR) is 69.6 cm³/mol. The molecule has 3 N–H and O–H groups in total. The second-order valence-electron chi connectivity index (χ2n) is 4.64. The van der Waals surface area contributed by atoms with Crippen LogP contribution in [0.15, 0.2) is 6.07 Å². The van der Waals surface area contributed by atoms with E-state index in [-0.39, 0.29) is 5.91 Å². The lowest BCUT2D eigenvalue weighted by Crippen LogP contribution is -2.44. The van der Waals surface area contributed by atoms with Gasteiger partial charge in [0.1, 0.15) is 5.69 Å². The SMILES string of the molecule is Cc1cc(C(=O)NCCCN2CCNCC2)n[nH]1. The lowest BCUT2D eigenvalue weighted by Gasteiger charge is -2.26. The van der Waals surface area contributed by atoms with Crippen LogP contribution in [0.4, 0.5) is 0 Å². The third-order valence-electron chi connectivity index (χ3n) is 3.08. The Balaban J connectivity index is 1.61. The number of nitrogens with zero attached hydrogens (tertiary/aromatic N) is 2. The number of rotatable bonds is 5. The molecule has 0 bridgehead atoms. The van der Waals surface area contributed by atoms with Crippen LogP contribution in [0.5, 0.6) is 0 Å². The fourth-order valence-electron chi connectivity index (χ4n) is 2.06. The summed E-state index contributed by atoms with van der Waals surface area (Å²) in [5.74, 6) is -0.0975. The number of aromatic nitrogens is 2. The minimum Gasteiger partial charge on any atom is -0.351 e. The van der Waals surface area contributed by atoms with Gasteiger partial charge in [-0.2, -0.15) is 5.10 Å². The quantitative estimate of drug-likeness (QED) is 0.631. The van der Waals surface area contributed by atoms with Crippen molar-refractivity contribution in [3.8, 4) is 0 Å². The highest BCUT2D eigenvalue weighted by molar-refractivity contribution is 5.92. The summed E-state index contributed by atoms with van der Waals surface area (Å²) in [5, 5.41) is 12.9. The van der Waals surface area contributed by atoms with E-state index in [1.807, 2.05) is 6.92 Å². The van der Waals surface area contributed by atoms with E-state index in [0.29, 0.717) is 12.2 Å². The molecule has 1 fully saturated rings. The van der Waals surface area contributed by atoms with Gasteiger partial charge in [-0.1, -0.05) is 0 Å². The number of hydrogen-bond acceptors (Lipinski definition) is 4. The molecule has 0 aliphatic carbocycles. The molecule has 1 aliphatic heterocycles. The molecule has 0 atom stereocenters. The monoisotopic (exact) mass is 251 g/mol. The molecule has 1 amide bonds. The summed E-state index contributed by atoms with van der Waals surface area (Å²) in [4.78, 5) is 14.1. The van der Waals surface area contributed by atoms with E-state index in [9.17, 15) is 4.79 Å². The molecule has 0 aromatic carbocycles. The summed E-state index contributed by atoms with van der Waals surface area (Å²) in [6.07, 6.45) is 0.981. The van der Waals surface area contributed by atoms with Crippen LogP contribution in [0.1, 0.15) is 22.6 Å². The number of nitrogens with one attached hydrogen (secondary N) is 3. The van der Waals surface area contributed by atoms with Gasteiger partial charge in [-0.3, -0.25) is 9.89 Å². The molecule has 2 heterocycles. The molecule has 0 radical (unpaired) electrons. The molecule has 1 aromatic heterocycles. The maximum absolute atomic E-state index is 11.7. The Morgan fingerprint density at radius 3 is 2.94 bits per heavy atom. The first-order valence-corrected chi connectivity index (χ1v) is 6.49. The Kier molecular flexibility index (Phi) is 4.72. The number of piperazine rings is 1. The van der Waals surface area contributed by atoms with Crippen LogP contribution in [0.3, 0.4) is 0 Å². The summed E-state index contributed by atoms with van der Waals surface area (Å²) >= 11 is 0. The third kappa shape index (κ3) is 3.82. The van der Waals surface area contributed by atoms with Crippen molar-refractivity contribution in [2.75, 3.05) is 39.3 Å². The lowest BCUT2D eigenvalue weighted by molar-refractivity contribution is 0.0946. The molecular formula is C12H21N5O. The van der Waals surface area contributed by atoms with E-state index in [1.165, 1.54) is 0 Å². The van der Waals surface area contributed by atoms with E-state index in [0.717, 1.165) is 44.8 Å². The van der Waals surface area contributed by atoms with Gasteiger partial charge in [0, 0.05) is 38.4 Å². The first-order chi connectivity index (χ1) is 8.75. The number of amides is 1. The second kappa shape index (κ2) is 6.51. The van der Waals surface area contributed by atoms with Crippen molar-refractivity contribution in [3.05, 3.63) is 17.5 Å². The summed E-state index contributed by atoms with van der Waals surface area (Å²) in [5.41, 5.74) is 1.37. The topological polar surface area (TPSA) is 73.1 Å². The molecule has 0 unspecified atom stereocenters. The first-order valence-electron chi connectivity index (χ1n) is 6.49. The van der Waals surface area contributed by atoms with Gasteiger partial charge in [-0.05, 0) is 26.0 Å². The number of aryl methyl sites for hydroxylation is 1. The number of aromatic amines is 1. The molecular weight excluding hydrogens is 230 g/mol. The minimum absolute atomic E-state index is 0.0975. The molecule has 0 spiro atoms. The van der Waals surface area contributed by atoms with E-state index >= 15 is 0 Å². The Bertz CT molecular complexity index is 384. The van der Waals surface area contributed by atoms with Gasteiger partial charge in [0.25, 0.3) is 5.91 Å². The zero-order chi connectivity index (χ0) is 12.8. The van der Waals surface area contributed by atoms with Crippen LogP contribution < -0.4 is 10.6 Å². The highest BCUT2D eigenvalue weighted by Crippen LogP contribution is 1.98. The van der Waals surface area contributed by atoms with Crippen LogP contribution in [0, 0.1) is 6.92 Å². The van der Waals surface area contributed by atoms with Crippen LogP contribution >= 0.6 is 0 Å². The number of hydrogen-bond donors (Lipinski definition) is 3. The number of carbonyl (C=O) groups excluding carboxylic acids is 1. The standard InChI is InChI=1S/C12H21N5O/c1-10-9-11(16-15-10)12(18)14-3-2-6-17-7-4-13-5-8-17/h9,13H,2-8H2,1H3,(H,14,18)(H,15,16). The molecule has 0 saturated carbocycles. The van der Waals surface area contributed by atoms with Crippen LogP contribution in [-0.4, -0.2) is 60.3 Å². The van der Waals surface area contributed by atoms with Gasteiger partial charge in [-0.25, -0.2) is 0 Å². The molecule has 1 saturated heterocycles. The fourth-order valence-corrected chi connectivity index (χ4v) is 2.06. The van der Waals surface area contributed by atoms with Crippen molar-refractivity contribution in [1.82, 2.24) is 25.7 Å². The van der Waals surface area contributed by atoms with Crippen molar-refractivity contribution < 1.29 is 4.79 Å². The highest BCUT2D eigenvalue weighted by atomic mass is 16.1. The van der Waals surface area contributed by atoms with Gasteiger partial charge < -0.3 is 15.5 Å². The second-order valence-corrected chi connectivity index (χ2v) is 4.64. The summed E-state index contributed by atoms with van der Waals surface area (Å²) in [6, 6.07) is 1.76. The van der Waals surface area contributed by atoms with Gasteiger partial charge in [0.05, 0.1) is 0 Å².